The van der Waals surface area contributed by atoms with Crippen LogP contribution in [-0.4, -0.2) is 13.0 Å². The normalized spacial score (nSPS) is 10.3. The van der Waals surface area contributed by atoms with Crippen molar-refractivity contribution < 1.29 is 9.18 Å². The summed E-state index contributed by atoms with van der Waals surface area (Å²) in [5, 5.41) is 5.86. The molecule has 0 radical (unpaired) electrons. The van der Waals surface area contributed by atoms with Crippen molar-refractivity contribution in [3.63, 3.8) is 0 Å². The number of rotatable bonds is 4. The highest BCUT2D eigenvalue weighted by molar-refractivity contribution is 6.04. The van der Waals surface area contributed by atoms with Crippen LogP contribution in [0.25, 0.3) is 0 Å². The molecule has 3 nitrogen and oxygen atoms in total. The number of carbonyl (C=O) groups is 1. The van der Waals surface area contributed by atoms with Crippen LogP contribution in [0.2, 0.25) is 0 Å². The van der Waals surface area contributed by atoms with Gasteiger partial charge in [0.2, 0.25) is 0 Å². The van der Waals surface area contributed by atoms with Gasteiger partial charge in [-0.05, 0) is 49.4 Å². The molecule has 0 saturated carbocycles. The van der Waals surface area contributed by atoms with Crippen molar-refractivity contribution in [1.82, 2.24) is 5.32 Å². The molecule has 2 N–H and O–H groups in total. The zero-order chi connectivity index (χ0) is 14.5. The second-order valence-electron chi connectivity index (χ2n) is 4.66. The summed E-state index contributed by atoms with van der Waals surface area (Å²) < 4.78 is 13.3. The van der Waals surface area contributed by atoms with Gasteiger partial charge in [-0.2, -0.15) is 0 Å². The number of aryl methyl sites for hydroxylation is 1. The van der Waals surface area contributed by atoms with Crippen molar-refractivity contribution in [2.24, 2.45) is 0 Å². The highest BCUT2D eigenvalue weighted by atomic mass is 19.1. The third-order valence-corrected chi connectivity index (χ3v) is 2.94. The highest BCUT2D eigenvalue weighted by Crippen LogP contribution is 2.17. The van der Waals surface area contributed by atoms with Gasteiger partial charge < -0.3 is 10.6 Å². The minimum Gasteiger partial charge on any atom is -0.322 e. The molecule has 2 aromatic carbocycles. The summed E-state index contributed by atoms with van der Waals surface area (Å²) in [5.41, 5.74) is 2.76. The average Bonchev–Trinajstić information content (AvgIpc) is 2.40. The largest absolute Gasteiger partial charge is 0.322 e. The molecule has 0 unspecified atom stereocenters. The van der Waals surface area contributed by atoms with E-state index in [2.05, 4.69) is 10.6 Å². The molecule has 0 saturated heterocycles. The highest BCUT2D eigenvalue weighted by Gasteiger charge is 2.10. The smallest absolute Gasteiger partial charge is 0.255 e. The fraction of sp³-hybridized carbons (Fsp3) is 0.188. The SMILES string of the molecule is CNCc1ccccc1NC(=O)c1cc(C)cc(F)c1. The standard InChI is InChI=1S/C16H17FN2O/c1-11-7-13(9-14(17)8-11)16(20)19-15-6-4-3-5-12(15)10-18-2/h3-9,18H,10H2,1-2H3,(H,19,20). The molecule has 0 aliphatic rings. The molecule has 0 atom stereocenters. The number of nitrogens with one attached hydrogen (secondary N) is 2. The molecule has 0 aromatic heterocycles. The first-order valence-corrected chi connectivity index (χ1v) is 6.41. The molecule has 0 heterocycles. The van der Waals surface area contributed by atoms with Crippen LogP contribution in [0, 0.1) is 12.7 Å². The van der Waals surface area contributed by atoms with Gasteiger partial charge in [0.1, 0.15) is 5.82 Å². The first kappa shape index (κ1) is 14.2. The average molecular weight is 272 g/mol. The van der Waals surface area contributed by atoms with Crippen LogP contribution in [0.5, 0.6) is 0 Å². The van der Waals surface area contributed by atoms with Gasteiger partial charge in [-0.15, -0.1) is 0 Å². The maximum atomic E-state index is 13.3. The number of anilines is 1. The monoisotopic (exact) mass is 272 g/mol. The first-order valence-electron chi connectivity index (χ1n) is 6.41. The van der Waals surface area contributed by atoms with E-state index in [-0.39, 0.29) is 5.91 Å². The molecule has 0 bridgehead atoms. The topological polar surface area (TPSA) is 41.1 Å². The second-order valence-corrected chi connectivity index (χ2v) is 4.66. The van der Waals surface area contributed by atoms with Gasteiger partial charge in [-0.1, -0.05) is 18.2 Å². The number of hydrogen-bond acceptors (Lipinski definition) is 2. The molecule has 4 heteroatoms. The maximum absolute atomic E-state index is 13.3. The van der Waals surface area contributed by atoms with E-state index in [1.54, 1.807) is 13.0 Å². The summed E-state index contributed by atoms with van der Waals surface area (Å²) in [5.74, 6) is -0.713. The Morgan fingerprint density at radius 1 is 1.20 bits per heavy atom. The molecule has 0 fully saturated rings. The Morgan fingerprint density at radius 2 is 1.95 bits per heavy atom. The van der Waals surface area contributed by atoms with Crippen LogP contribution in [0.4, 0.5) is 10.1 Å². The van der Waals surface area contributed by atoms with Crippen molar-refractivity contribution in [3.8, 4) is 0 Å². The predicted molar refractivity (Wildman–Crippen MR) is 78.3 cm³/mol. The summed E-state index contributed by atoms with van der Waals surface area (Å²) in [4.78, 5) is 12.2. The van der Waals surface area contributed by atoms with Crippen LogP contribution in [0.3, 0.4) is 0 Å². The van der Waals surface area contributed by atoms with Crippen LogP contribution in [-0.2, 0) is 6.54 Å². The van der Waals surface area contributed by atoms with Crippen molar-refractivity contribution in [1.29, 1.82) is 0 Å². The fourth-order valence-electron chi connectivity index (χ4n) is 2.05. The molecule has 0 aliphatic heterocycles. The van der Waals surface area contributed by atoms with E-state index in [0.29, 0.717) is 12.1 Å². The molecule has 0 aliphatic carbocycles. The lowest BCUT2D eigenvalue weighted by Crippen LogP contribution is -2.15. The van der Waals surface area contributed by atoms with Gasteiger partial charge in [-0.3, -0.25) is 4.79 Å². The molecule has 2 rings (SSSR count). The molecule has 2 aromatic rings. The molecule has 104 valence electrons. The fourth-order valence-corrected chi connectivity index (χ4v) is 2.05. The number of halogens is 1. The lowest BCUT2D eigenvalue weighted by molar-refractivity contribution is 0.102. The zero-order valence-electron chi connectivity index (χ0n) is 11.5. The quantitative estimate of drug-likeness (QED) is 0.898. The van der Waals surface area contributed by atoms with E-state index in [4.69, 9.17) is 0 Å². The van der Waals surface area contributed by atoms with Crippen molar-refractivity contribution in [3.05, 3.63) is 65.0 Å². The van der Waals surface area contributed by atoms with E-state index in [0.717, 1.165) is 16.8 Å². The molecular weight excluding hydrogens is 255 g/mol. The Hall–Kier alpha value is -2.20. The van der Waals surface area contributed by atoms with Crippen molar-refractivity contribution in [2.75, 3.05) is 12.4 Å². The van der Waals surface area contributed by atoms with Gasteiger partial charge in [0.05, 0.1) is 0 Å². The van der Waals surface area contributed by atoms with E-state index in [9.17, 15) is 9.18 Å². The van der Waals surface area contributed by atoms with Gasteiger partial charge in [-0.25, -0.2) is 4.39 Å². The summed E-state index contributed by atoms with van der Waals surface area (Å²) >= 11 is 0. The lowest BCUT2D eigenvalue weighted by atomic mass is 10.1. The summed E-state index contributed by atoms with van der Waals surface area (Å²) in [6, 6.07) is 11.8. The van der Waals surface area contributed by atoms with E-state index >= 15 is 0 Å². The third-order valence-electron chi connectivity index (χ3n) is 2.94. The predicted octanol–water partition coefficient (Wildman–Crippen LogP) is 3.11. The molecule has 1 amide bonds. The number of para-hydroxylation sites is 1. The van der Waals surface area contributed by atoms with Gasteiger partial charge in [0, 0.05) is 17.8 Å². The van der Waals surface area contributed by atoms with E-state index in [1.165, 1.54) is 12.1 Å². The molecule has 20 heavy (non-hydrogen) atoms. The lowest BCUT2D eigenvalue weighted by Gasteiger charge is -2.11. The number of benzene rings is 2. The van der Waals surface area contributed by atoms with Gasteiger partial charge in [0.25, 0.3) is 5.91 Å². The zero-order valence-corrected chi connectivity index (χ0v) is 11.5. The van der Waals surface area contributed by atoms with Crippen LogP contribution < -0.4 is 10.6 Å². The number of amides is 1. The Kier molecular flexibility index (Phi) is 4.48. The van der Waals surface area contributed by atoms with Crippen LogP contribution in [0.1, 0.15) is 21.5 Å². The van der Waals surface area contributed by atoms with E-state index < -0.39 is 5.82 Å². The van der Waals surface area contributed by atoms with Gasteiger partial charge in [0.15, 0.2) is 0 Å². The Morgan fingerprint density at radius 3 is 2.65 bits per heavy atom. The Bertz CT molecular complexity index is 605. The minimum atomic E-state index is -0.404. The summed E-state index contributed by atoms with van der Waals surface area (Å²) in [7, 11) is 1.84. The third kappa shape index (κ3) is 3.42. The van der Waals surface area contributed by atoms with Crippen molar-refractivity contribution in [2.45, 2.75) is 13.5 Å². The second kappa shape index (κ2) is 6.30. The maximum Gasteiger partial charge on any atom is 0.255 e. The minimum absolute atomic E-state index is 0.309. The van der Waals surface area contributed by atoms with Gasteiger partial charge >= 0.3 is 0 Å². The van der Waals surface area contributed by atoms with Crippen LogP contribution >= 0.6 is 0 Å². The Balaban J connectivity index is 2.23. The molecular formula is C16H17FN2O. The summed E-state index contributed by atoms with van der Waals surface area (Å²) in [6.07, 6.45) is 0. The summed E-state index contributed by atoms with van der Waals surface area (Å²) in [6.45, 7) is 2.41. The van der Waals surface area contributed by atoms with Crippen LogP contribution in [0.15, 0.2) is 42.5 Å². The van der Waals surface area contributed by atoms with Crippen molar-refractivity contribution >= 4 is 11.6 Å². The van der Waals surface area contributed by atoms with E-state index in [1.807, 2.05) is 31.3 Å². The number of hydrogen-bond donors (Lipinski definition) is 2. The number of carbonyl (C=O) groups excluding carboxylic acids is 1. The Labute approximate surface area is 117 Å². The first-order chi connectivity index (χ1) is 9.60. The molecule has 0 spiro atoms.